The van der Waals surface area contributed by atoms with Crippen molar-refractivity contribution in [2.75, 3.05) is 6.61 Å². The number of carbonyl (C=O) groups is 1. The molecule has 1 N–H and O–H groups in total. The number of rotatable bonds is 6. The molecule has 0 heterocycles. The summed E-state index contributed by atoms with van der Waals surface area (Å²) in [4.78, 5) is 12.2. The Morgan fingerprint density at radius 3 is 2.29 bits per heavy atom. The van der Waals surface area contributed by atoms with Crippen LogP contribution in [0.1, 0.15) is 84.8 Å². The van der Waals surface area contributed by atoms with Crippen molar-refractivity contribution >= 4 is 5.97 Å². The number of phenols is 1. The second kappa shape index (κ2) is 8.04. The predicted molar refractivity (Wildman–Crippen MR) is 99.5 cm³/mol. The van der Waals surface area contributed by atoms with Crippen LogP contribution in [0.25, 0.3) is 0 Å². The molecule has 0 saturated heterocycles. The number of esters is 1. The van der Waals surface area contributed by atoms with Gasteiger partial charge in [0.2, 0.25) is 0 Å². The molecule has 0 amide bonds. The largest absolute Gasteiger partial charge is 0.508 e. The van der Waals surface area contributed by atoms with Crippen molar-refractivity contribution in [3.05, 3.63) is 29.3 Å². The fraction of sp³-hybridized carbons (Fsp3) is 0.667. The first-order valence-corrected chi connectivity index (χ1v) is 8.95. The van der Waals surface area contributed by atoms with E-state index in [4.69, 9.17) is 4.74 Å². The highest BCUT2D eigenvalue weighted by Gasteiger charge is 2.30. The Morgan fingerprint density at radius 1 is 1.17 bits per heavy atom. The summed E-state index contributed by atoms with van der Waals surface area (Å²) >= 11 is 0. The molecule has 1 aromatic carbocycles. The van der Waals surface area contributed by atoms with Crippen LogP contribution in [0.3, 0.4) is 0 Å². The molecule has 0 radical (unpaired) electrons. The van der Waals surface area contributed by atoms with Crippen LogP contribution in [0.2, 0.25) is 0 Å². The van der Waals surface area contributed by atoms with Gasteiger partial charge in [0.25, 0.3) is 0 Å². The minimum Gasteiger partial charge on any atom is -0.508 e. The number of aromatic hydroxyl groups is 1. The third kappa shape index (κ3) is 5.85. The first-order chi connectivity index (χ1) is 11.0. The molecule has 1 atom stereocenters. The highest BCUT2D eigenvalue weighted by Crippen LogP contribution is 2.41. The molecule has 1 unspecified atom stereocenters. The normalized spacial score (nSPS) is 13.6. The Labute approximate surface area is 147 Å². The molecular formula is C21H34O3. The average molecular weight is 335 g/mol. The first kappa shape index (κ1) is 20.5. The molecule has 1 rings (SSSR count). The van der Waals surface area contributed by atoms with Gasteiger partial charge in [0.15, 0.2) is 0 Å². The summed E-state index contributed by atoms with van der Waals surface area (Å²) in [5, 5.41) is 10.2. The Morgan fingerprint density at radius 2 is 1.79 bits per heavy atom. The minimum atomic E-state index is -0.149. The quantitative estimate of drug-likeness (QED) is 0.548. The van der Waals surface area contributed by atoms with Crippen LogP contribution in [0.5, 0.6) is 5.75 Å². The number of ether oxygens (including phenoxy) is 1. The van der Waals surface area contributed by atoms with Crippen molar-refractivity contribution in [1.29, 1.82) is 0 Å². The van der Waals surface area contributed by atoms with Gasteiger partial charge in [0.1, 0.15) is 5.75 Å². The van der Waals surface area contributed by atoms with Gasteiger partial charge in [-0.3, -0.25) is 4.79 Å². The number of phenolic OH excluding ortho intramolecular Hbond substituents is 1. The summed E-state index contributed by atoms with van der Waals surface area (Å²) in [6, 6.07) is 5.72. The van der Waals surface area contributed by atoms with Crippen molar-refractivity contribution in [2.45, 2.75) is 79.1 Å². The lowest BCUT2D eigenvalue weighted by atomic mass is 9.73. The zero-order chi connectivity index (χ0) is 18.5. The maximum Gasteiger partial charge on any atom is 0.306 e. The van der Waals surface area contributed by atoms with Gasteiger partial charge < -0.3 is 9.84 Å². The van der Waals surface area contributed by atoms with Gasteiger partial charge in [-0.1, -0.05) is 67.0 Å². The summed E-state index contributed by atoms with van der Waals surface area (Å²) in [6.45, 7) is 15.2. The van der Waals surface area contributed by atoms with Crippen molar-refractivity contribution in [2.24, 2.45) is 5.41 Å². The molecule has 0 aliphatic carbocycles. The SMILES string of the molecule is CCCCOC(=O)CC(c1ccc(O)c(C(C)(C)C)c1)C(C)(C)C. The highest BCUT2D eigenvalue weighted by atomic mass is 16.5. The molecule has 0 bridgehead atoms. The maximum atomic E-state index is 12.2. The Hall–Kier alpha value is -1.51. The van der Waals surface area contributed by atoms with Crippen LogP contribution in [0.4, 0.5) is 0 Å². The molecule has 136 valence electrons. The summed E-state index contributed by atoms with van der Waals surface area (Å²) in [7, 11) is 0. The van der Waals surface area contributed by atoms with E-state index >= 15 is 0 Å². The molecule has 3 heteroatoms. The number of carbonyl (C=O) groups excluding carboxylic acids is 1. The predicted octanol–water partition coefficient (Wildman–Crippen LogP) is 5.55. The lowest BCUT2D eigenvalue weighted by Gasteiger charge is -2.32. The van der Waals surface area contributed by atoms with Gasteiger partial charge in [-0.25, -0.2) is 0 Å². The van der Waals surface area contributed by atoms with Crippen LogP contribution in [-0.4, -0.2) is 17.7 Å². The van der Waals surface area contributed by atoms with Crippen LogP contribution in [0, 0.1) is 5.41 Å². The molecule has 0 aliphatic rings. The molecule has 0 aromatic heterocycles. The monoisotopic (exact) mass is 334 g/mol. The van der Waals surface area contributed by atoms with Crippen molar-refractivity contribution in [3.8, 4) is 5.75 Å². The van der Waals surface area contributed by atoms with Gasteiger partial charge >= 0.3 is 5.97 Å². The maximum absolute atomic E-state index is 12.2. The van der Waals surface area contributed by atoms with Crippen LogP contribution in [-0.2, 0) is 14.9 Å². The van der Waals surface area contributed by atoms with Gasteiger partial charge in [-0.05, 0) is 40.4 Å². The molecule has 0 spiro atoms. The fourth-order valence-corrected chi connectivity index (χ4v) is 2.85. The van der Waals surface area contributed by atoms with Crippen LogP contribution >= 0.6 is 0 Å². The van der Waals surface area contributed by atoms with E-state index in [1.165, 1.54) is 0 Å². The third-order valence-electron chi connectivity index (χ3n) is 4.41. The van der Waals surface area contributed by atoms with E-state index < -0.39 is 0 Å². The second-order valence-electron chi connectivity index (χ2n) is 8.72. The van der Waals surface area contributed by atoms with Gasteiger partial charge in [-0.2, -0.15) is 0 Å². The highest BCUT2D eigenvalue weighted by molar-refractivity contribution is 5.70. The van der Waals surface area contributed by atoms with Crippen LogP contribution < -0.4 is 0 Å². The summed E-state index contributed by atoms with van der Waals surface area (Å²) in [5.74, 6) is 0.214. The number of benzene rings is 1. The number of hydrogen-bond acceptors (Lipinski definition) is 3. The fourth-order valence-electron chi connectivity index (χ4n) is 2.85. The molecule has 0 fully saturated rings. The lowest BCUT2D eigenvalue weighted by molar-refractivity contribution is -0.144. The van der Waals surface area contributed by atoms with Crippen molar-refractivity contribution in [1.82, 2.24) is 0 Å². The van der Waals surface area contributed by atoms with E-state index in [9.17, 15) is 9.90 Å². The van der Waals surface area contributed by atoms with Gasteiger partial charge in [0.05, 0.1) is 13.0 Å². The van der Waals surface area contributed by atoms with E-state index in [0.29, 0.717) is 18.8 Å². The van der Waals surface area contributed by atoms with E-state index in [2.05, 4.69) is 48.5 Å². The zero-order valence-corrected chi connectivity index (χ0v) is 16.4. The summed E-state index contributed by atoms with van der Waals surface area (Å²) in [6.07, 6.45) is 2.28. The smallest absolute Gasteiger partial charge is 0.306 e. The van der Waals surface area contributed by atoms with Crippen LogP contribution in [0.15, 0.2) is 18.2 Å². The van der Waals surface area contributed by atoms with Crippen molar-refractivity contribution in [3.63, 3.8) is 0 Å². The molecule has 0 saturated carbocycles. The summed E-state index contributed by atoms with van der Waals surface area (Å²) in [5.41, 5.74) is 1.77. The van der Waals surface area contributed by atoms with E-state index in [-0.39, 0.29) is 22.7 Å². The third-order valence-corrected chi connectivity index (χ3v) is 4.41. The van der Waals surface area contributed by atoms with Crippen molar-refractivity contribution < 1.29 is 14.6 Å². The molecule has 3 nitrogen and oxygen atoms in total. The molecule has 24 heavy (non-hydrogen) atoms. The topological polar surface area (TPSA) is 46.5 Å². The Bertz CT molecular complexity index is 547. The molecule has 0 aliphatic heterocycles. The van der Waals surface area contributed by atoms with E-state index in [1.807, 2.05) is 12.1 Å². The zero-order valence-electron chi connectivity index (χ0n) is 16.4. The van der Waals surface area contributed by atoms with Gasteiger partial charge in [0, 0.05) is 0 Å². The average Bonchev–Trinajstić information content (AvgIpc) is 2.43. The lowest BCUT2D eigenvalue weighted by Crippen LogP contribution is -2.23. The second-order valence-corrected chi connectivity index (χ2v) is 8.72. The molecular weight excluding hydrogens is 300 g/mol. The Kier molecular flexibility index (Phi) is 6.88. The summed E-state index contributed by atoms with van der Waals surface area (Å²) < 4.78 is 5.36. The first-order valence-electron chi connectivity index (χ1n) is 8.95. The van der Waals surface area contributed by atoms with Gasteiger partial charge in [-0.15, -0.1) is 0 Å². The minimum absolute atomic E-state index is 0.0494. The Balaban J connectivity index is 3.08. The number of unbranched alkanes of at least 4 members (excludes halogenated alkanes) is 1. The van der Waals surface area contributed by atoms with E-state index in [1.54, 1.807) is 6.07 Å². The van der Waals surface area contributed by atoms with E-state index in [0.717, 1.165) is 24.0 Å². The number of hydrogen-bond donors (Lipinski definition) is 1. The molecule has 1 aromatic rings. The standard InChI is InChI=1S/C21H34O3/c1-8-9-12-24-19(23)14-16(20(2,3)4)15-10-11-18(22)17(13-15)21(5,6)7/h10-11,13,16,22H,8-9,12,14H2,1-7H3.